The molecule has 0 bridgehead atoms. The lowest BCUT2D eigenvalue weighted by Crippen LogP contribution is -2.32. The van der Waals surface area contributed by atoms with Crippen LogP contribution in [0.1, 0.15) is 0 Å². The van der Waals surface area contributed by atoms with Crippen LogP contribution in [0.4, 0.5) is 13.2 Å². The van der Waals surface area contributed by atoms with E-state index in [0.717, 1.165) is 4.57 Å². The Morgan fingerprint density at radius 2 is 1.69 bits per heavy atom. The molecule has 5 heteroatoms. The van der Waals surface area contributed by atoms with Crippen LogP contribution in [0.15, 0.2) is 36.4 Å². The second-order valence-electron chi connectivity index (χ2n) is 2.31. The highest BCUT2D eigenvalue weighted by atomic mass is 19.4. The largest absolute Gasteiger partial charge is 0.865 e. The molecule has 0 radical (unpaired) electrons. The molecule has 0 N–H and O–H groups in total. The molecular weight excluding hydrogens is 183 g/mol. The Hall–Kier alpha value is -1.52. The van der Waals surface area contributed by atoms with Crippen LogP contribution < -0.4 is 9.67 Å². The smallest absolute Gasteiger partial charge is 0.408 e. The van der Waals surface area contributed by atoms with E-state index >= 15 is 0 Å². The first kappa shape index (κ1) is 9.57. The average molecular weight is 189 g/mol. The molecule has 0 atom stereocenters. The lowest BCUT2D eigenvalue weighted by atomic mass is 10.4. The minimum Gasteiger partial charge on any atom is -0.865 e. The zero-order chi connectivity index (χ0) is 9.90. The van der Waals surface area contributed by atoms with Crippen LogP contribution in [-0.4, -0.2) is 6.18 Å². The molecule has 0 aromatic carbocycles. The maximum Gasteiger partial charge on any atom is 0.408 e. The lowest BCUT2D eigenvalue weighted by Gasteiger charge is -2.11. The molecule has 0 spiro atoms. The van der Waals surface area contributed by atoms with Gasteiger partial charge in [-0.3, -0.25) is 0 Å². The number of pyridine rings is 1. The number of halogens is 3. The summed E-state index contributed by atoms with van der Waals surface area (Å²) in [6.45, 7) is 0. The first-order valence-electron chi connectivity index (χ1n) is 3.42. The van der Waals surface area contributed by atoms with Crippen molar-refractivity contribution in [3.63, 3.8) is 0 Å². The molecule has 1 heterocycles. The molecule has 0 saturated carbocycles. The molecule has 1 aromatic heterocycles. The second-order valence-corrected chi connectivity index (χ2v) is 2.31. The van der Waals surface area contributed by atoms with Crippen molar-refractivity contribution in [2.24, 2.45) is 0 Å². The van der Waals surface area contributed by atoms with Gasteiger partial charge in [0, 0.05) is 17.9 Å². The maximum atomic E-state index is 11.7. The Kier molecular flexibility index (Phi) is 2.55. The van der Waals surface area contributed by atoms with Gasteiger partial charge in [0.1, 0.15) is 0 Å². The van der Waals surface area contributed by atoms with Gasteiger partial charge < -0.3 is 5.11 Å². The maximum absolute atomic E-state index is 11.7. The number of hydrogen-bond acceptors (Lipinski definition) is 1. The van der Waals surface area contributed by atoms with Crippen LogP contribution in [0.3, 0.4) is 0 Å². The van der Waals surface area contributed by atoms with E-state index in [-0.39, 0.29) is 0 Å². The van der Waals surface area contributed by atoms with Gasteiger partial charge in [0.05, 0.1) is 0 Å². The van der Waals surface area contributed by atoms with Crippen molar-refractivity contribution in [2.45, 2.75) is 6.18 Å². The van der Waals surface area contributed by atoms with Gasteiger partial charge in [-0.05, 0) is 0 Å². The number of rotatable bonds is 1. The molecule has 0 amide bonds. The Bertz CT molecular complexity index is 305. The van der Waals surface area contributed by atoms with Crippen LogP contribution in [0, 0.1) is 0 Å². The van der Waals surface area contributed by atoms with E-state index < -0.39 is 11.9 Å². The average Bonchev–Trinajstić information content (AvgIpc) is 2.04. The van der Waals surface area contributed by atoms with Crippen molar-refractivity contribution >= 4 is 6.20 Å². The quantitative estimate of drug-likeness (QED) is 0.471. The van der Waals surface area contributed by atoms with E-state index in [0.29, 0.717) is 6.20 Å². The minimum absolute atomic E-state index is 0.486. The van der Waals surface area contributed by atoms with E-state index in [2.05, 4.69) is 0 Å². The summed E-state index contributed by atoms with van der Waals surface area (Å²) in [7, 11) is 0. The van der Waals surface area contributed by atoms with Crippen LogP contribution in [0.2, 0.25) is 0 Å². The summed E-state index contributed by atoms with van der Waals surface area (Å²) in [5, 5.41) is 10.4. The van der Waals surface area contributed by atoms with E-state index in [1.165, 1.54) is 24.5 Å². The van der Waals surface area contributed by atoms with Crippen molar-refractivity contribution in [1.29, 1.82) is 0 Å². The minimum atomic E-state index is -4.80. The summed E-state index contributed by atoms with van der Waals surface area (Å²) in [6, 6.07) is 4.70. The first-order chi connectivity index (χ1) is 6.00. The number of aromatic nitrogens is 1. The Morgan fingerprint density at radius 1 is 1.15 bits per heavy atom. The molecule has 0 aliphatic carbocycles. The number of hydrogen-bond donors (Lipinski definition) is 0. The molecule has 1 rings (SSSR count). The molecule has 1 aromatic rings. The van der Waals surface area contributed by atoms with Gasteiger partial charge in [0.25, 0.3) is 0 Å². The normalized spacial score (nSPS) is 13.0. The van der Waals surface area contributed by atoms with Gasteiger partial charge in [-0.1, -0.05) is 6.07 Å². The zero-order valence-electron chi connectivity index (χ0n) is 6.45. The van der Waals surface area contributed by atoms with Crippen LogP contribution in [0.25, 0.3) is 6.20 Å². The molecule has 2 nitrogen and oxygen atoms in total. The van der Waals surface area contributed by atoms with Crippen LogP contribution >= 0.6 is 0 Å². The summed E-state index contributed by atoms with van der Waals surface area (Å²) in [5.41, 5.74) is 0. The molecule has 70 valence electrons. The molecule has 0 aliphatic heterocycles. The van der Waals surface area contributed by atoms with Crippen molar-refractivity contribution in [3.05, 3.63) is 36.4 Å². The highest BCUT2D eigenvalue weighted by molar-refractivity contribution is 5.15. The van der Waals surface area contributed by atoms with E-state index in [9.17, 15) is 18.3 Å². The van der Waals surface area contributed by atoms with Gasteiger partial charge >= 0.3 is 6.18 Å². The van der Waals surface area contributed by atoms with Crippen LogP contribution in [0.5, 0.6) is 0 Å². The summed E-state index contributed by atoms with van der Waals surface area (Å²) < 4.78 is 36.3. The zero-order valence-corrected chi connectivity index (χ0v) is 6.45. The van der Waals surface area contributed by atoms with E-state index in [4.69, 9.17) is 0 Å². The monoisotopic (exact) mass is 189 g/mol. The molecule has 0 aliphatic rings. The fourth-order valence-corrected chi connectivity index (χ4v) is 0.707. The van der Waals surface area contributed by atoms with Gasteiger partial charge in [-0.2, -0.15) is 17.7 Å². The highest BCUT2D eigenvalue weighted by Gasteiger charge is 2.28. The van der Waals surface area contributed by atoms with E-state index in [1.54, 1.807) is 6.07 Å². The molecular formula is C8H6F3NO. The second kappa shape index (κ2) is 3.47. The van der Waals surface area contributed by atoms with Gasteiger partial charge in [0.2, 0.25) is 0 Å². The summed E-state index contributed by atoms with van der Waals surface area (Å²) in [4.78, 5) is 0. The first-order valence-corrected chi connectivity index (χ1v) is 3.42. The van der Waals surface area contributed by atoms with Crippen LogP contribution in [-0.2, 0) is 0 Å². The summed E-state index contributed by atoms with van der Waals surface area (Å²) in [6.07, 6.45) is -1.61. The fraction of sp³-hybridized carbons (Fsp3) is 0.125. The predicted octanol–water partition coefficient (Wildman–Crippen LogP) is 0.695. The molecule has 0 fully saturated rings. The third-order valence-corrected chi connectivity index (χ3v) is 1.28. The third kappa shape index (κ3) is 2.77. The van der Waals surface area contributed by atoms with Crippen molar-refractivity contribution in [3.8, 4) is 0 Å². The Morgan fingerprint density at radius 3 is 2.15 bits per heavy atom. The molecule has 13 heavy (non-hydrogen) atoms. The van der Waals surface area contributed by atoms with Gasteiger partial charge in [-0.15, -0.1) is 0 Å². The topological polar surface area (TPSA) is 26.9 Å². The fourth-order valence-electron chi connectivity index (χ4n) is 0.707. The van der Waals surface area contributed by atoms with Gasteiger partial charge in [-0.25, -0.2) is 0 Å². The number of nitrogens with zero attached hydrogens (tertiary/aromatic N) is 1. The van der Waals surface area contributed by atoms with E-state index in [1.807, 2.05) is 0 Å². The predicted molar refractivity (Wildman–Crippen MR) is 37.0 cm³/mol. The van der Waals surface area contributed by atoms with Gasteiger partial charge in [0.15, 0.2) is 18.6 Å². The molecule has 0 unspecified atom stereocenters. The summed E-state index contributed by atoms with van der Waals surface area (Å²) in [5.74, 6) is -1.87. The lowest BCUT2D eigenvalue weighted by molar-refractivity contribution is -0.574. The number of alkyl halides is 3. The summed E-state index contributed by atoms with van der Waals surface area (Å²) >= 11 is 0. The van der Waals surface area contributed by atoms with Crippen molar-refractivity contribution in [1.82, 2.24) is 0 Å². The third-order valence-electron chi connectivity index (χ3n) is 1.28. The van der Waals surface area contributed by atoms with Crippen molar-refractivity contribution in [2.75, 3.05) is 0 Å². The van der Waals surface area contributed by atoms with Crippen molar-refractivity contribution < 1.29 is 22.8 Å². The molecule has 0 saturated heterocycles. The Balaban J connectivity index is 2.90. The Labute approximate surface area is 72.6 Å². The highest BCUT2D eigenvalue weighted by Crippen LogP contribution is 2.20. The standard InChI is InChI=1S/C8H6F3NO/c9-8(10,11)7(13)6-12-4-2-1-3-5-12/h1-6H/b7-6-. The number of allylic oxidation sites excluding steroid dienone is 1. The SMILES string of the molecule is [O-]/C(=C\[n+]1ccccc1)C(F)(F)F.